The average molecular weight is 218 g/mol. The van der Waals surface area contributed by atoms with E-state index in [9.17, 15) is 9.00 Å². The van der Waals surface area contributed by atoms with Crippen molar-refractivity contribution < 1.29 is 9.00 Å². The standard InChI is InChI=1S/C9H18N2O2S/c1-14(13)7-6-11-9(12)8-2-4-10-5-3-8/h8,10H,2-7H2,1H3,(H,11,12). The van der Waals surface area contributed by atoms with Crippen LogP contribution in [0.5, 0.6) is 0 Å². The van der Waals surface area contributed by atoms with Crippen molar-refractivity contribution in [3.63, 3.8) is 0 Å². The van der Waals surface area contributed by atoms with Crippen molar-refractivity contribution in [2.75, 3.05) is 31.6 Å². The number of carbonyl (C=O) groups excluding carboxylic acids is 1. The third-order valence-electron chi connectivity index (χ3n) is 2.40. The van der Waals surface area contributed by atoms with Gasteiger partial charge in [-0.05, 0) is 25.9 Å². The van der Waals surface area contributed by atoms with E-state index >= 15 is 0 Å². The van der Waals surface area contributed by atoms with Crippen molar-refractivity contribution in [1.29, 1.82) is 0 Å². The van der Waals surface area contributed by atoms with Crippen LogP contribution in [-0.4, -0.2) is 41.8 Å². The number of carbonyl (C=O) groups is 1. The minimum atomic E-state index is -0.814. The van der Waals surface area contributed by atoms with Gasteiger partial charge in [0.1, 0.15) is 0 Å². The van der Waals surface area contributed by atoms with Crippen LogP contribution in [0.2, 0.25) is 0 Å². The van der Waals surface area contributed by atoms with Gasteiger partial charge >= 0.3 is 0 Å². The van der Waals surface area contributed by atoms with E-state index in [4.69, 9.17) is 0 Å². The molecule has 0 aliphatic carbocycles. The topological polar surface area (TPSA) is 58.2 Å². The molecule has 1 amide bonds. The number of nitrogens with one attached hydrogen (secondary N) is 2. The number of piperidine rings is 1. The molecule has 1 fully saturated rings. The van der Waals surface area contributed by atoms with Gasteiger partial charge in [0.2, 0.25) is 5.91 Å². The molecule has 2 N–H and O–H groups in total. The molecular weight excluding hydrogens is 200 g/mol. The number of amides is 1. The molecule has 5 heteroatoms. The lowest BCUT2D eigenvalue weighted by Crippen LogP contribution is -2.39. The van der Waals surface area contributed by atoms with Crippen LogP contribution in [0.4, 0.5) is 0 Å². The Hall–Kier alpha value is -0.420. The molecule has 1 atom stereocenters. The molecule has 0 saturated carbocycles. The van der Waals surface area contributed by atoms with Gasteiger partial charge in [-0.15, -0.1) is 0 Å². The third-order valence-corrected chi connectivity index (χ3v) is 3.18. The Bertz CT molecular complexity index is 215. The molecule has 0 radical (unpaired) electrons. The van der Waals surface area contributed by atoms with Gasteiger partial charge in [0, 0.05) is 35.3 Å². The maximum absolute atomic E-state index is 11.5. The first kappa shape index (κ1) is 11.7. The zero-order valence-corrected chi connectivity index (χ0v) is 9.36. The van der Waals surface area contributed by atoms with Gasteiger partial charge in [-0.1, -0.05) is 0 Å². The van der Waals surface area contributed by atoms with Crippen LogP contribution in [0, 0.1) is 5.92 Å². The lowest BCUT2D eigenvalue weighted by atomic mass is 9.97. The number of rotatable bonds is 4. The Labute approximate surface area is 87.3 Å². The summed E-state index contributed by atoms with van der Waals surface area (Å²) in [4.78, 5) is 11.5. The monoisotopic (exact) mass is 218 g/mol. The van der Waals surface area contributed by atoms with Crippen LogP contribution < -0.4 is 10.6 Å². The van der Waals surface area contributed by atoms with E-state index in [0.717, 1.165) is 25.9 Å². The summed E-state index contributed by atoms with van der Waals surface area (Å²) in [5.41, 5.74) is 0. The van der Waals surface area contributed by atoms with E-state index in [1.807, 2.05) is 0 Å². The highest BCUT2D eigenvalue weighted by molar-refractivity contribution is 7.84. The van der Waals surface area contributed by atoms with Gasteiger partial charge in [-0.2, -0.15) is 0 Å². The maximum atomic E-state index is 11.5. The van der Waals surface area contributed by atoms with Crippen LogP contribution in [0.1, 0.15) is 12.8 Å². The maximum Gasteiger partial charge on any atom is 0.223 e. The Morgan fingerprint density at radius 1 is 1.50 bits per heavy atom. The summed E-state index contributed by atoms with van der Waals surface area (Å²) in [5, 5.41) is 6.04. The van der Waals surface area contributed by atoms with Crippen LogP contribution in [0.3, 0.4) is 0 Å². The van der Waals surface area contributed by atoms with Crippen molar-refractivity contribution in [2.45, 2.75) is 12.8 Å². The van der Waals surface area contributed by atoms with Gasteiger partial charge in [0.15, 0.2) is 0 Å². The summed E-state index contributed by atoms with van der Waals surface area (Å²) in [6.07, 6.45) is 3.48. The fourth-order valence-corrected chi connectivity index (χ4v) is 1.94. The predicted octanol–water partition coefficient (Wildman–Crippen LogP) is -0.519. The van der Waals surface area contributed by atoms with E-state index in [-0.39, 0.29) is 11.8 Å². The summed E-state index contributed by atoms with van der Waals surface area (Å²) in [7, 11) is -0.814. The molecule has 1 heterocycles. The minimum absolute atomic E-state index is 0.122. The second kappa shape index (κ2) is 6.14. The molecule has 1 rings (SSSR count). The molecule has 14 heavy (non-hydrogen) atoms. The van der Waals surface area contributed by atoms with Crippen LogP contribution in [0.25, 0.3) is 0 Å². The highest BCUT2D eigenvalue weighted by Gasteiger charge is 2.19. The Kier molecular flexibility index (Phi) is 5.11. The van der Waals surface area contributed by atoms with Gasteiger partial charge in [-0.25, -0.2) is 0 Å². The smallest absolute Gasteiger partial charge is 0.223 e. The molecule has 4 nitrogen and oxygen atoms in total. The second-order valence-electron chi connectivity index (χ2n) is 3.59. The summed E-state index contributed by atoms with van der Waals surface area (Å²) in [6, 6.07) is 0. The first-order valence-electron chi connectivity index (χ1n) is 4.98. The lowest BCUT2D eigenvalue weighted by Gasteiger charge is -2.21. The van der Waals surface area contributed by atoms with E-state index in [2.05, 4.69) is 10.6 Å². The highest BCUT2D eigenvalue weighted by Crippen LogP contribution is 2.10. The molecule has 0 aromatic rings. The van der Waals surface area contributed by atoms with Crippen molar-refractivity contribution in [3.05, 3.63) is 0 Å². The largest absolute Gasteiger partial charge is 0.355 e. The Morgan fingerprint density at radius 2 is 2.14 bits per heavy atom. The first-order valence-corrected chi connectivity index (χ1v) is 6.71. The third kappa shape index (κ3) is 4.19. The molecule has 1 aliphatic heterocycles. The van der Waals surface area contributed by atoms with Gasteiger partial charge < -0.3 is 10.6 Å². The van der Waals surface area contributed by atoms with Gasteiger partial charge in [0.05, 0.1) is 0 Å². The summed E-state index contributed by atoms with van der Waals surface area (Å²) < 4.78 is 10.8. The molecule has 1 saturated heterocycles. The first-order chi connectivity index (χ1) is 6.70. The number of hydrogen-bond donors (Lipinski definition) is 2. The molecule has 1 unspecified atom stereocenters. The zero-order chi connectivity index (χ0) is 10.4. The fourth-order valence-electron chi connectivity index (χ4n) is 1.55. The van der Waals surface area contributed by atoms with E-state index in [1.165, 1.54) is 0 Å². The number of hydrogen-bond acceptors (Lipinski definition) is 3. The quantitative estimate of drug-likeness (QED) is 0.667. The molecule has 0 aromatic heterocycles. The normalized spacial score (nSPS) is 20.4. The summed E-state index contributed by atoms with van der Waals surface area (Å²) in [6.45, 7) is 2.39. The van der Waals surface area contributed by atoms with Gasteiger partial charge in [-0.3, -0.25) is 9.00 Å². The fraction of sp³-hybridized carbons (Fsp3) is 0.889. The van der Waals surface area contributed by atoms with Crippen LogP contribution >= 0.6 is 0 Å². The second-order valence-corrected chi connectivity index (χ2v) is 5.15. The van der Waals surface area contributed by atoms with Crippen molar-refractivity contribution in [3.8, 4) is 0 Å². The minimum Gasteiger partial charge on any atom is -0.355 e. The molecule has 0 aromatic carbocycles. The summed E-state index contributed by atoms with van der Waals surface area (Å²) in [5.74, 6) is 0.829. The van der Waals surface area contributed by atoms with Crippen molar-refractivity contribution in [1.82, 2.24) is 10.6 Å². The van der Waals surface area contributed by atoms with Crippen LogP contribution in [0.15, 0.2) is 0 Å². The molecule has 82 valence electrons. The van der Waals surface area contributed by atoms with Gasteiger partial charge in [0.25, 0.3) is 0 Å². The Balaban J connectivity index is 2.16. The molecule has 0 spiro atoms. The van der Waals surface area contributed by atoms with E-state index in [1.54, 1.807) is 6.26 Å². The molecular formula is C9H18N2O2S. The summed E-state index contributed by atoms with van der Waals surface area (Å²) >= 11 is 0. The average Bonchev–Trinajstić information content (AvgIpc) is 2.18. The molecule has 0 bridgehead atoms. The van der Waals surface area contributed by atoms with Crippen molar-refractivity contribution in [2.24, 2.45) is 5.92 Å². The van der Waals surface area contributed by atoms with E-state index < -0.39 is 10.8 Å². The van der Waals surface area contributed by atoms with E-state index in [0.29, 0.717) is 12.3 Å². The zero-order valence-electron chi connectivity index (χ0n) is 8.54. The van der Waals surface area contributed by atoms with Crippen molar-refractivity contribution >= 4 is 16.7 Å². The van der Waals surface area contributed by atoms with Crippen LogP contribution in [-0.2, 0) is 15.6 Å². The SMILES string of the molecule is CS(=O)CCNC(=O)C1CCNCC1. The lowest BCUT2D eigenvalue weighted by molar-refractivity contribution is -0.125. The molecule has 1 aliphatic rings. The predicted molar refractivity (Wildman–Crippen MR) is 57.5 cm³/mol. The Morgan fingerprint density at radius 3 is 2.71 bits per heavy atom. The highest BCUT2D eigenvalue weighted by atomic mass is 32.2.